The molecule has 2 aromatic carbocycles. The van der Waals surface area contributed by atoms with Crippen LogP contribution in [-0.2, 0) is 10.0 Å². The van der Waals surface area contributed by atoms with Crippen molar-refractivity contribution in [1.29, 1.82) is 0 Å². The second-order valence-corrected chi connectivity index (χ2v) is 7.45. The molecule has 3 rings (SSSR count). The Hall–Kier alpha value is -3.00. The number of aryl methyl sites for hydroxylation is 1. The number of hydrogen-bond acceptors (Lipinski definition) is 4. The van der Waals surface area contributed by atoms with Gasteiger partial charge in [0.15, 0.2) is 0 Å². The number of anilines is 1. The van der Waals surface area contributed by atoms with E-state index < -0.39 is 10.0 Å². The van der Waals surface area contributed by atoms with Crippen molar-refractivity contribution in [3.63, 3.8) is 0 Å². The fourth-order valence-electron chi connectivity index (χ4n) is 2.71. The second kappa shape index (κ2) is 6.72. The number of aromatic nitrogens is 1. The predicted molar refractivity (Wildman–Crippen MR) is 100 cm³/mol. The van der Waals surface area contributed by atoms with E-state index in [0.717, 1.165) is 10.9 Å². The highest BCUT2D eigenvalue weighted by Gasteiger charge is 2.18. The minimum Gasteiger partial charge on any atom is -0.497 e. The Morgan fingerprint density at radius 3 is 2.54 bits per heavy atom. The first-order valence-corrected chi connectivity index (χ1v) is 9.34. The highest BCUT2D eigenvalue weighted by molar-refractivity contribution is 7.92. The number of benzene rings is 2. The number of hydrogen-bond donors (Lipinski definition) is 3. The molecule has 0 saturated carbocycles. The zero-order valence-corrected chi connectivity index (χ0v) is 15.4. The minimum atomic E-state index is -3.75. The van der Waals surface area contributed by atoms with Gasteiger partial charge >= 0.3 is 0 Å². The second-order valence-electron chi connectivity index (χ2n) is 5.80. The van der Waals surface area contributed by atoms with Crippen LogP contribution < -0.4 is 14.8 Å². The molecule has 0 aliphatic carbocycles. The first kappa shape index (κ1) is 17.8. The fourth-order valence-corrected chi connectivity index (χ4v) is 3.99. The molecule has 7 nitrogen and oxygen atoms in total. The van der Waals surface area contributed by atoms with Crippen molar-refractivity contribution in [1.82, 2.24) is 10.3 Å². The number of amides is 1. The van der Waals surface area contributed by atoms with E-state index >= 15 is 0 Å². The van der Waals surface area contributed by atoms with Crippen LogP contribution in [0.5, 0.6) is 5.75 Å². The maximum Gasteiger partial charge on any atom is 0.267 e. The van der Waals surface area contributed by atoms with Crippen molar-refractivity contribution >= 4 is 32.5 Å². The number of H-pyrrole nitrogens is 1. The van der Waals surface area contributed by atoms with E-state index in [2.05, 4.69) is 15.0 Å². The molecule has 0 aliphatic rings. The smallest absolute Gasteiger partial charge is 0.267 e. The molecule has 1 amide bonds. The third-order valence-electron chi connectivity index (χ3n) is 4.02. The van der Waals surface area contributed by atoms with Gasteiger partial charge in [-0.1, -0.05) is 0 Å². The topological polar surface area (TPSA) is 100 Å². The van der Waals surface area contributed by atoms with Gasteiger partial charge in [0.05, 0.1) is 12.0 Å². The van der Waals surface area contributed by atoms with Gasteiger partial charge in [-0.3, -0.25) is 9.52 Å². The summed E-state index contributed by atoms with van der Waals surface area (Å²) in [6.07, 6.45) is 0. The van der Waals surface area contributed by atoms with Gasteiger partial charge in [0, 0.05) is 23.6 Å². The zero-order chi connectivity index (χ0) is 18.9. The molecule has 8 heteroatoms. The van der Waals surface area contributed by atoms with E-state index in [4.69, 9.17) is 4.74 Å². The molecule has 0 fully saturated rings. The Morgan fingerprint density at radius 1 is 1.12 bits per heavy atom. The molecular weight excluding hydrogens is 354 g/mol. The summed E-state index contributed by atoms with van der Waals surface area (Å²) in [5.41, 5.74) is 2.15. The van der Waals surface area contributed by atoms with Gasteiger partial charge in [0.25, 0.3) is 15.9 Å². The molecule has 0 unspecified atom stereocenters. The molecule has 0 bridgehead atoms. The molecule has 1 aromatic heterocycles. The molecule has 136 valence electrons. The molecule has 0 spiro atoms. The maximum atomic E-state index is 12.7. The molecule has 1 heterocycles. The van der Waals surface area contributed by atoms with Crippen LogP contribution >= 0.6 is 0 Å². The van der Waals surface area contributed by atoms with E-state index in [-0.39, 0.29) is 10.8 Å². The predicted octanol–water partition coefficient (Wildman–Crippen LogP) is 2.65. The van der Waals surface area contributed by atoms with Crippen LogP contribution in [0.4, 0.5) is 5.69 Å². The molecule has 0 atom stereocenters. The third kappa shape index (κ3) is 3.36. The summed E-state index contributed by atoms with van der Waals surface area (Å²) in [7, 11) is -0.673. The quantitative estimate of drug-likeness (QED) is 0.640. The Morgan fingerprint density at radius 2 is 1.88 bits per heavy atom. The Balaban J connectivity index is 1.93. The van der Waals surface area contributed by atoms with Gasteiger partial charge in [0.2, 0.25) is 0 Å². The van der Waals surface area contributed by atoms with Crippen molar-refractivity contribution in [2.24, 2.45) is 0 Å². The van der Waals surface area contributed by atoms with Gasteiger partial charge in [0.1, 0.15) is 11.4 Å². The number of carbonyl (C=O) groups is 1. The van der Waals surface area contributed by atoms with Crippen LogP contribution in [-0.4, -0.2) is 33.5 Å². The molecule has 26 heavy (non-hydrogen) atoms. The summed E-state index contributed by atoms with van der Waals surface area (Å²) in [6.45, 7) is 1.71. The lowest BCUT2D eigenvalue weighted by atomic mass is 10.2. The summed E-state index contributed by atoms with van der Waals surface area (Å²) < 4.78 is 33.1. The van der Waals surface area contributed by atoms with Crippen molar-refractivity contribution in [2.45, 2.75) is 11.8 Å². The summed E-state index contributed by atoms with van der Waals surface area (Å²) >= 11 is 0. The number of carbonyl (C=O) groups excluding carboxylic acids is 1. The summed E-state index contributed by atoms with van der Waals surface area (Å²) in [4.78, 5) is 14.9. The minimum absolute atomic E-state index is 0.179. The van der Waals surface area contributed by atoms with Crippen molar-refractivity contribution in [3.8, 4) is 5.75 Å². The fraction of sp³-hybridized carbons (Fsp3) is 0.167. The first-order valence-electron chi connectivity index (χ1n) is 7.86. The number of sulfonamides is 1. The van der Waals surface area contributed by atoms with Crippen molar-refractivity contribution < 1.29 is 17.9 Å². The van der Waals surface area contributed by atoms with Crippen LogP contribution in [0.25, 0.3) is 10.9 Å². The number of nitrogens with one attached hydrogen (secondary N) is 3. The monoisotopic (exact) mass is 373 g/mol. The molecule has 0 saturated heterocycles. The summed E-state index contributed by atoms with van der Waals surface area (Å²) in [5.74, 6) is 0.356. The molecular formula is C18H19N3O4S. The number of methoxy groups -OCH3 is 1. The van der Waals surface area contributed by atoms with E-state index in [1.807, 2.05) is 0 Å². The SMILES string of the molecule is CNC(=O)c1cc2cc(NS(=O)(=O)c3ccc(OC)cc3C)ccc2[nH]1. The van der Waals surface area contributed by atoms with Crippen LogP contribution in [0.1, 0.15) is 16.1 Å². The number of ether oxygens (including phenoxy) is 1. The Labute approximate surface area is 151 Å². The Kier molecular flexibility index (Phi) is 4.60. The Bertz CT molecular complexity index is 1090. The number of rotatable bonds is 5. The summed E-state index contributed by atoms with van der Waals surface area (Å²) in [6, 6.07) is 11.5. The van der Waals surface area contributed by atoms with E-state index in [9.17, 15) is 13.2 Å². The average molecular weight is 373 g/mol. The average Bonchev–Trinajstić information content (AvgIpc) is 3.03. The van der Waals surface area contributed by atoms with Gasteiger partial charge in [-0.05, 0) is 55.0 Å². The summed E-state index contributed by atoms with van der Waals surface area (Å²) in [5, 5.41) is 3.27. The van der Waals surface area contributed by atoms with Gasteiger partial charge in [-0.15, -0.1) is 0 Å². The standard InChI is InChI=1S/C18H19N3O4S/c1-11-8-14(25-3)5-7-17(11)26(23,24)21-13-4-6-15-12(9-13)10-16(20-15)18(22)19-2/h4-10,20-21H,1-3H3,(H,19,22). The molecule has 3 aromatic rings. The van der Waals surface area contributed by atoms with Crippen LogP contribution in [0, 0.1) is 6.92 Å². The number of aromatic amines is 1. The lowest BCUT2D eigenvalue weighted by molar-refractivity contribution is 0.0959. The highest BCUT2D eigenvalue weighted by atomic mass is 32.2. The van der Waals surface area contributed by atoms with Gasteiger partial charge in [-0.2, -0.15) is 0 Å². The molecule has 0 aliphatic heterocycles. The molecule has 3 N–H and O–H groups in total. The van der Waals surface area contributed by atoms with Crippen LogP contribution in [0.3, 0.4) is 0 Å². The van der Waals surface area contributed by atoms with Crippen LogP contribution in [0.15, 0.2) is 47.4 Å². The largest absolute Gasteiger partial charge is 0.497 e. The van der Waals surface area contributed by atoms with E-state index in [0.29, 0.717) is 22.7 Å². The highest BCUT2D eigenvalue weighted by Crippen LogP contribution is 2.25. The lowest BCUT2D eigenvalue weighted by Crippen LogP contribution is -2.17. The van der Waals surface area contributed by atoms with E-state index in [1.165, 1.54) is 13.2 Å². The maximum absolute atomic E-state index is 12.7. The zero-order valence-electron chi connectivity index (χ0n) is 14.6. The van der Waals surface area contributed by atoms with Crippen molar-refractivity contribution in [3.05, 3.63) is 53.7 Å². The first-order chi connectivity index (χ1) is 12.3. The third-order valence-corrected chi connectivity index (χ3v) is 5.56. The normalized spacial score (nSPS) is 11.3. The van der Waals surface area contributed by atoms with E-state index in [1.54, 1.807) is 50.4 Å². The van der Waals surface area contributed by atoms with Crippen LogP contribution in [0.2, 0.25) is 0 Å². The lowest BCUT2D eigenvalue weighted by Gasteiger charge is -2.11. The van der Waals surface area contributed by atoms with Gasteiger partial charge in [-0.25, -0.2) is 8.42 Å². The van der Waals surface area contributed by atoms with Crippen molar-refractivity contribution in [2.75, 3.05) is 18.9 Å². The number of fused-ring (bicyclic) bond motifs is 1. The van der Waals surface area contributed by atoms with Gasteiger partial charge < -0.3 is 15.0 Å². The molecule has 0 radical (unpaired) electrons.